The first-order valence-electron chi connectivity index (χ1n) is 5.09. The van der Waals surface area contributed by atoms with Crippen molar-refractivity contribution in [1.82, 2.24) is 0 Å². The van der Waals surface area contributed by atoms with Crippen LogP contribution in [-0.4, -0.2) is 19.1 Å². The number of isocyanates is 1. The van der Waals surface area contributed by atoms with Crippen molar-refractivity contribution in [3.63, 3.8) is 0 Å². The van der Waals surface area contributed by atoms with Crippen molar-refractivity contribution in [1.29, 1.82) is 0 Å². The first-order chi connectivity index (χ1) is 7.91. The summed E-state index contributed by atoms with van der Waals surface area (Å²) < 4.78 is 31.4. The standard InChI is InChI=1S/C11H13NO4S/c1-3-4-9-8(2)5-6-10(17(14,15)16)11(9)12-7-13/h5-6H,3-4H2,1-2H3,(H,14,15,16). The lowest BCUT2D eigenvalue weighted by Crippen LogP contribution is -2.02. The van der Waals surface area contributed by atoms with Gasteiger partial charge in [-0.15, -0.1) is 0 Å². The van der Waals surface area contributed by atoms with Gasteiger partial charge in [0.1, 0.15) is 10.6 Å². The zero-order valence-electron chi connectivity index (χ0n) is 9.60. The smallest absolute Gasteiger partial charge is 0.282 e. The van der Waals surface area contributed by atoms with Crippen LogP contribution in [0.4, 0.5) is 5.69 Å². The highest BCUT2D eigenvalue weighted by molar-refractivity contribution is 7.86. The van der Waals surface area contributed by atoms with Crippen molar-refractivity contribution in [3.05, 3.63) is 23.3 Å². The van der Waals surface area contributed by atoms with Crippen molar-refractivity contribution in [2.24, 2.45) is 4.99 Å². The minimum Gasteiger partial charge on any atom is -0.282 e. The van der Waals surface area contributed by atoms with Gasteiger partial charge < -0.3 is 0 Å². The third kappa shape index (κ3) is 3.00. The molecule has 1 rings (SSSR count). The SMILES string of the molecule is CCCc1c(C)ccc(S(=O)(=O)O)c1N=C=O. The maximum Gasteiger partial charge on any atom is 0.296 e. The largest absolute Gasteiger partial charge is 0.296 e. The first kappa shape index (κ1) is 13.6. The van der Waals surface area contributed by atoms with Gasteiger partial charge in [0.25, 0.3) is 10.1 Å². The Balaban J connectivity index is 3.64. The Labute approximate surface area is 99.9 Å². The van der Waals surface area contributed by atoms with E-state index < -0.39 is 10.1 Å². The lowest BCUT2D eigenvalue weighted by molar-refractivity contribution is 0.483. The molecular weight excluding hydrogens is 242 g/mol. The van der Waals surface area contributed by atoms with E-state index in [-0.39, 0.29) is 10.6 Å². The molecule has 0 aliphatic carbocycles. The molecule has 0 aliphatic rings. The fourth-order valence-corrected chi connectivity index (χ4v) is 2.31. The van der Waals surface area contributed by atoms with Gasteiger partial charge in [0, 0.05) is 0 Å². The maximum absolute atomic E-state index is 11.2. The van der Waals surface area contributed by atoms with E-state index in [0.29, 0.717) is 12.0 Å². The summed E-state index contributed by atoms with van der Waals surface area (Å²) in [7, 11) is -4.39. The Morgan fingerprint density at radius 1 is 1.41 bits per heavy atom. The van der Waals surface area contributed by atoms with Crippen LogP contribution in [-0.2, 0) is 21.3 Å². The fraction of sp³-hybridized carbons (Fsp3) is 0.364. The highest BCUT2D eigenvalue weighted by Crippen LogP contribution is 2.31. The summed E-state index contributed by atoms with van der Waals surface area (Å²) in [5.74, 6) is 0. The van der Waals surface area contributed by atoms with Gasteiger partial charge in [0.15, 0.2) is 0 Å². The van der Waals surface area contributed by atoms with Crippen LogP contribution in [0.2, 0.25) is 0 Å². The summed E-state index contributed by atoms with van der Waals surface area (Å²) in [6.45, 7) is 3.72. The highest BCUT2D eigenvalue weighted by atomic mass is 32.2. The molecule has 0 radical (unpaired) electrons. The Morgan fingerprint density at radius 3 is 2.53 bits per heavy atom. The van der Waals surface area contributed by atoms with Crippen LogP contribution in [0.3, 0.4) is 0 Å². The Bertz CT molecular complexity index is 571. The van der Waals surface area contributed by atoms with E-state index in [1.165, 1.54) is 12.1 Å². The van der Waals surface area contributed by atoms with Gasteiger partial charge in [0.2, 0.25) is 6.08 Å². The third-order valence-corrected chi connectivity index (χ3v) is 3.30. The van der Waals surface area contributed by atoms with Crippen LogP contribution in [0.1, 0.15) is 24.5 Å². The monoisotopic (exact) mass is 255 g/mol. The quantitative estimate of drug-likeness (QED) is 0.507. The molecule has 0 fully saturated rings. The topological polar surface area (TPSA) is 83.8 Å². The van der Waals surface area contributed by atoms with Crippen molar-refractivity contribution < 1.29 is 17.8 Å². The summed E-state index contributed by atoms with van der Waals surface area (Å²) in [6.07, 6.45) is 2.68. The maximum atomic E-state index is 11.2. The summed E-state index contributed by atoms with van der Waals surface area (Å²) >= 11 is 0. The number of hydrogen-bond acceptors (Lipinski definition) is 4. The second-order valence-corrected chi connectivity index (χ2v) is 5.03. The minimum absolute atomic E-state index is 0.00986. The zero-order chi connectivity index (χ0) is 13.1. The van der Waals surface area contributed by atoms with Gasteiger partial charge in [-0.3, -0.25) is 4.55 Å². The predicted molar refractivity (Wildman–Crippen MR) is 62.8 cm³/mol. The van der Waals surface area contributed by atoms with Crippen molar-refractivity contribution in [2.75, 3.05) is 0 Å². The minimum atomic E-state index is -4.39. The van der Waals surface area contributed by atoms with Crippen LogP contribution < -0.4 is 0 Å². The van der Waals surface area contributed by atoms with E-state index in [1.54, 1.807) is 13.0 Å². The molecule has 0 spiro atoms. The lowest BCUT2D eigenvalue weighted by atomic mass is 10.0. The molecule has 0 saturated carbocycles. The molecule has 0 heterocycles. The molecule has 0 unspecified atom stereocenters. The molecule has 0 atom stereocenters. The van der Waals surface area contributed by atoms with E-state index in [4.69, 9.17) is 4.55 Å². The molecule has 0 bridgehead atoms. The van der Waals surface area contributed by atoms with E-state index in [2.05, 4.69) is 4.99 Å². The van der Waals surface area contributed by atoms with E-state index in [0.717, 1.165) is 12.0 Å². The fourth-order valence-electron chi connectivity index (χ4n) is 1.66. The molecule has 92 valence electrons. The number of hydrogen-bond donors (Lipinski definition) is 1. The Morgan fingerprint density at radius 2 is 2.06 bits per heavy atom. The summed E-state index contributed by atoms with van der Waals surface area (Å²) in [4.78, 5) is 13.4. The molecular formula is C11H13NO4S. The molecule has 0 aliphatic heterocycles. The van der Waals surface area contributed by atoms with Gasteiger partial charge in [-0.25, -0.2) is 4.79 Å². The van der Waals surface area contributed by atoms with Crippen LogP contribution in [0.15, 0.2) is 22.0 Å². The van der Waals surface area contributed by atoms with Gasteiger partial charge in [-0.1, -0.05) is 19.4 Å². The molecule has 5 nitrogen and oxygen atoms in total. The van der Waals surface area contributed by atoms with Crippen LogP contribution in [0, 0.1) is 6.92 Å². The molecule has 0 amide bonds. The normalized spacial score (nSPS) is 11.0. The van der Waals surface area contributed by atoms with Crippen molar-refractivity contribution in [2.45, 2.75) is 31.6 Å². The molecule has 1 aromatic rings. The second-order valence-electron chi connectivity index (χ2n) is 3.64. The molecule has 6 heteroatoms. The third-order valence-electron chi connectivity index (χ3n) is 2.42. The molecule has 0 saturated heterocycles. The first-order valence-corrected chi connectivity index (χ1v) is 6.53. The number of benzene rings is 1. The number of nitrogens with zero attached hydrogens (tertiary/aromatic N) is 1. The van der Waals surface area contributed by atoms with E-state index >= 15 is 0 Å². The van der Waals surface area contributed by atoms with Crippen molar-refractivity contribution >= 4 is 21.9 Å². The number of aryl methyl sites for hydroxylation is 1. The Hall–Kier alpha value is -1.49. The summed E-state index contributed by atoms with van der Waals surface area (Å²) in [6, 6.07) is 2.82. The zero-order valence-corrected chi connectivity index (χ0v) is 10.4. The number of aliphatic imine (C=N–C) groups is 1. The average molecular weight is 255 g/mol. The molecule has 1 aromatic carbocycles. The Kier molecular flexibility index (Phi) is 4.17. The number of rotatable bonds is 4. The predicted octanol–water partition coefficient (Wildman–Crippen LogP) is 2.16. The van der Waals surface area contributed by atoms with Gasteiger partial charge in [0.05, 0.1) is 0 Å². The summed E-state index contributed by atoms with van der Waals surface area (Å²) in [5.41, 5.74) is 1.46. The van der Waals surface area contributed by atoms with E-state index in [9.17, 15) is 13.2 Å². The number of carbonyl (C=O) groups excluding carboxylic acids is 1. The highest BCUT2D eigenvalue weighted by Gasteiger charge is 2.19. The second kappa shape index (κ2) is 5.23. The average Bonchev–Trinajstić information content (AvgIpc) is 2.22. The van der Waals surface area contributed by atoms with Gasteiger partial charge in [-0.05, 0) is 30.5 Å². The van der Waals surface area contributed by atoms with Crippen LogP contribution in [0.25, 0.3) is 0 Å². The summed E-state index contributed by atoms with van der Waals surface area (Å²) in [5, 5.41) is 0. The van der Waals surface area contributed by atoms with Crippen molar-refractivity contribution in [3.8, 4) is 0 Å². The molecule has 1 N–H and O–H groups in total. The van der Waals surface area contributed by atoms with Gasteiger partial charge >= 0.3 is 0 Å². The van der Waals surface area contributed by atoms with Crippen LogP contribution >= 0.6 is 0 Å². The molecule has 0 aromatic heterocycles. The lowest BCUT2D eigenvalue weighted by Gasteiger charge is -2.10. The van der Waals surface area contributed by atoms with Gasteiger partial charge in [-0.2, -0.15) is 13.4 Å². The molecule has 17 heavy (non-hydrogen) atoms. The van der Waals surface area contributed by atoms with E-state index in [1.807, 2.05) is 6.92 Å². The van der Waals surface area contributed by atoms with Crippen LogP contribution in [0.5, 0.6) is 0 Å².